The second-order valence-electron chi connectivity index (χ2n) is 2.91. The van der Waals surface area contributed by atoms with Gasteiger partial charge in [0, 0.05) is 6.54 Å². The topological polar surface area (TPSA) is 81.9 Å². The predicted octanol–water partition coefficient (Wildman–Crippen LogP) is -1.65. The number of carbonyl (C=O) groups is 2. The molecule has 0 saturated carbocycles. The summed E-state index contributed by atoms with van der Waals surface area (Å²) >= 11 is 0. The molecule has 1 heterocycles. The zero-order chi connectivity index (χ0) is 10.6. The maximum atomic E-state index is 11.3. The first-order valence-corrected chi connectivity index (χ1v) is 4.35. The Morgan fingerprint density at radius 2 is 2.36 bits per heavy atom. The number of esters is 1. The molecule has 1 aliphatic heterocycles. The van der Waals surface area contributed by atoms with Gasteiger partial charge in [-0.15, -0.1) is 0 Å². The number of rotatable bonds is 2. The molecule has 2 N–H and O–H groups in total. The predicted molar refractivity (Wildman–Crippen MR) is 47.4 cm³/mol. The summed E-state index contributed by atoms with van der Waals surface area (Å²) in [4.78, 5) is 24.0. The van der Waals surface area contributed by atoms with Crippen LogP contribution in [0.3, 0.4) is 0 Å². The summed E-state index contributed by atoms with van der Waals surface area (Å²) in [5, 5.41) is 0. The number of hydrogen-bond acceptors (Lipinski definition) is 5. The summed E-state index contributed by atoms with van der Waals surface area (Å²) in [6, 6.07) is -0.648. The number of hydrogen-bond donors (Lipinski definition) is 1. The molecule has 1 rings (SSSR count). The van der Waals surface area contributed by atoms with E-state index in [2.05, 4.69) is 4.74 Å². The molecule has 80 valence electrons. The van der Waals surface area contributed by atoms with Gasteiger partial charge >= 0.3 is 5.97 Å². The van der Waals surface area contributed by atoms with Crippen molar-refractivity contribution in [2.75, 3.05) is 33.4 Å². The second-order valence-corrected chi connectivity index (χ2v) is 2.91. The molecule has 1 saturated heterocycles. The van der Waals surface area contributed by atoms with E-state index in [1.807, 2.05) is 0 Å². The van der Waals surface area contributed by atoms with Crippen molar-refractivity contribution >= 4 is 11.9 Å². The average Bonchev–Trinajstić information content (AvgIpc) is 2.27. The van der Waals surface area contributed by atoms with Gasteiger partial charge in [0.05, 0.1) is 26.9 Å². The zero-order valence-electron chi connectivity index (χ0n) is 8.06. The number of methoxy groups -OCH3 is 1. The molecule has 1 amide bonds. The largest absolute Gasteiger partial charge is 0.467 e. The molecule has 0 aromatic rings. The number of nitrogens with two attached hydrogens (primary N) is 1. The lowest BCUT2D eigenvalue weighted by Crippen LogP contribution is -2.54. The van der Waals surface area contributed by atoms with Crippen molar-refractivity contribution in [3.8, 4) is 0 Å². The lowest BCUT2D eigenvalue weighted by molar-refractivity contribution is -0.160. The van der Waals surface area contributed by atoms with E-state index in [0.717, 1.165) is 0 Å². The van der Waals surface area contributed by atoms with Gasteiger partial charge in [0.25, 0.3) is 0 Å². The molecular formula is C8H14N2O4. The summed E-state index contributed by atoms with van der Waals surface area (Å²) in [5.74, 6) is -0.727. The van der Waals surface area contributed by atoms with Crippen molar-refractivity contribution < 1.29 is 19.1 Å². The summed E-state index contributed by atoms with van der Waals surface area (Å²) in [6.45, 7) is 0.890. The van der Waals surface area contributed by atoms with Gasteiger partial charge in [0.2, 0.25) is 5.91 Å². The number of amides is 1. The van der Waals surface area contributed by atoms with Crippen molar-refractivity contribution in [3.63, 3.8) is 0 Å². The van der Waals surface area contributed by atoms with Gasteiger partial charge in [-0.2, -0.15) is 0 Å². The molecule has 1 aliphatic rings. The minimum Gasteiger partial charge on any atom is -0.467 e. The van der Waals surface area contributed by atoms with Gasteiger partial charge in [-0.05, 0) is 0 Å². The third kappa shape index (κ3) is 2.21. The maximum Gasteiger partial charge on any atom is 0.331 e. The van der Waals surface area contributed by atoms with E-state index in [-0.39, 0.29) is 19.1 Å². The van der Waals surface area contributed by atoms with Crippen LogP contribution in [0, 0.1) is 0 Å². The van der Waals surface area contributed by atoms with Gasteiger partial charge < -0.3 is 20.1 Å². The molecule has 14 heavy (non-hydrogen) atoms. The van der Waals surface area contributed by atoms with E-state index in [0.29, 0.717) is 13.2 Å². The second kappa shape index (κ2) is 4.92. The number of ether oxygens (including phenoxy) is 2. The Kier molecular flexibility index (Phi) is 3.84. The van der Waals surface area contributed by atoms with Crippen LogP contribution in [0.2, 0.25) is 0 Å². The SMILES string of the molecule is COC(=O)[C@@H]1COCCN1C(=O)CN. The fraction of sp³-hybridized carbons (Fsp3) is 0.750. The molecule has 0 aliphatic carbocycles. The first-order chi connectivity index (χ1) is 6.70. The molecule has 0 aromatic heterocycles. The fourth-order valence-electron chi connectivity index (χ4n) is 1.35. The van der Waals surface area contributed by atoms with Crippen LogP contribution in [0.1, 0.15) is 0 Å². The first-order valence-electron chi connectivity index (χ1n) is 4.35. The third-order valence-corrected chi connectivity index (χ3v) is 2.10. The van der Waals surface area contributed by atoms with Crippen LogP contribution in [0.25, 0.3) is 0 Å². The van der Waals surface area contributed by atoms with Crippen LogP contribution >= 0.6 is 0 Å². The Hall–Kier alpha value is -1.14. The molecule has 1 fully saturated rings. The van der Waals surface area contributed by atoms with Gasteiger partial charge in [0.15, 0.2) is 6.04 Å². The Labute approximate surface area is 81.9 Å². The molecule has 6 nitrogen and oxygen atoms in total. The van der Waals surface area contributed by atoms with E-state index in [1.165, 1.54) is 12.0 Å². The summed E-state index contributed by atoms with van der Waals surface area (Å²) in [7, 11) is 1.28. The Morgan fingerprint density at radius 1 is 1.64 bits per heavy atom. The van der Waals surface area contributed by atoms with Gasteiger partial charge in [0.1, 0.15) is 0 Å². The number of nitrogens with zero attached hydrogens (tertiary/aromatic N) is 1. The zero-order valence-corrected chi connectivity index (χ0v) is 8.06. The lowest BCUT2D eigenvalue weighted by atomic mass is 10.2. The highest BCUT2D eigenvalue weighted by Gasteiger charge is 2.32. The molecule has 0 bridgehead atoms. The smallest absolute Gasteiger partial charge is 0.331 e. The number of carbonyl (C=O) groups excluding carboxylic acids is 2. The molecule has 0 spiro atoms. The highest BCUT2D eigenvalue weighted by atomic mass is 16.5. The Balaban J connectivity index is 2.68. The van der Waals surface area contributed by atoms with Crippen LogP contribution in [-0.4, -0.2) is 56.2 Å². The molecule has 6 heteroatoms. The van der Waals surface area contributed by atoms with Crippen LogP contribution < -0.4 is 5.73 Å². The van der Waals surface area contributed by atoms with Gasteiger partial charge in [-0.1, -0.05) is 0 Å². The van der Waals surface area contributed by atoms with E-state index in [4.69, 9.17) is 10.5 Å². The molecule has 1 atom stereocenters. The van der Waals surface area contributed by atoms with E-state index in [9.17, 15) is 9.59 Å². The minimum atomic E-state index is -0.648. The van der Waals surface area contributed by atoms with Crippen molar-refractivity contribution in [2.45, 2.75) is 6.04 Å². The van der Waals surface area contributed by atoms with Crippen molar-refractivity contribution in [1.82, 2.24) is 4.90 Å². The van der Waals surface area contributed by atoms with Gasteiger partial charge in [-0.25, -0.2) is 4.79 Å². The summed E-state index contributed by atoms with van der Waals surface area (Å²) in [6.07, 6.45) is 0. The third-order valence-electron chi connectivity index (χ3n) is 2.10. The quantitative estimate of drug-likeness (QED) is 0.542. The first kappa shape index (κ1) is 10.9. The minimum absolute atomic E-state index is 0.104. The van der Waals surface area contributed by atoms with E-state index < -0.39 is 12.0 Å². The monoisotopic (exact) mass is 202 g/mol. The van der Waals surface area contributed by atoms with Crippen molar-refractivity contribution in [1.29, 1.82) is 0 Å². The molecule has 0 radical (unpaired) electrons. The Bertz CT molecular complexity index is 207. The lowest BCUT2D eigenvalue weighted by Gasteiger charge is -2.33. The van der Waals surface area contributed by atoms with Crippen LogP contribution in [0.4, 0.5) is 0 Å². The standard InChI is InChI=1S/C8H14N2O4/c1-13-8(12)6-5-14-3-2-10(6)7(11)4-9/h6H,2-5,9H2,1H3/t6-/m0/s1. The molecular weight excluding hydrogens is 188 g/mol. The van der Waals surface area contributed by atoms with Gasteiger partial charge in [-0.3, -0.25) is 4.79 Å². The van der Waals surface area contributed by atoms with E-state index in [1.54, 1.807) is 0 Å². The normalized spacial score (nSPS) is 21.9. The summed E-state index contributed by atoms with van der Waals surface area (Å²) in [5.41, 5.74) is 5.22. The number of morpholine rings is 1. The summed E-state index contributed by atoms with van der Waals surface area (Å²) < 4.78 is 9.66. The van der Waals surface area contributed by atoms with E-state index >= 15 is 0 Å². The Morgan fingerprint density at radius 3 is 2.93 bits per heavy atom. The highest BCUT2D eigenvalue weighted by molar-refractivity contribution is 5.85. The highest BCUT2D eigenvalue weighted by Crippen LogP contribution is 2.08. The van der Waals surface area contributed by atoms with Crippen LogP contribution in [0.5, 0.6) is 0 Å². The fourth-order valence-corrected chi connectivity index (χ4v) is 1.35. The molecule has 0 aromatic carbocycles. The van der Waals surface area contributed by atoms with Crippen molar-refractivity contribution in [3.05, 3.63) is 0 Å². The molecule has 0 unspecified atom stereocenters. The maximum absolute atomic E-state index is 11.3. The van der Waals surface area contributed by atoms with Crippen LogP contribution in [0.15, 0.2) is 0 Å². The van der Waals surface area contributed by atoms with Crippen molar-refractivity contribution in [2.24, 2.45) is 5.73 Å². The average molecular weight is 202 g/mol. The van der Waals surface area contributed by atoms with Crippen LogP contribution in [-0.2, 0) is 19.1 Å².